The summed E-state index contributed by atoms with van der Waals surface area (Å²) in [5.41, 5.74) is 2.30. The van der Waals surface area contributed by atoms with Crippen LogP contribution in [-0.2, 0) is 4.84 Å². The van der Waals surface area contributed by atoms with Gasteiger partial charge in [-0.1, -0.05) is 12.8 Å². The summed E-state index contributed by atoms with van der Waals surface area (Å²) in [4.78, 5) is 24.5. The van der Waals surface area contributed by atoms with Crippen molar-refractivity contribution in [1.82, 2.24) is 10.5 Å². The van der Waals surface area contributed by atoms with Crippen LogP contribution in [0.2, 0.25) is 0 Å². The van der Waals surface area contributed by atoms with Crippen LogP contribution in [0.3, 0.4) is 0 Å². The first-order valence-corrected chi connectivity index (χ1v) is 7.15. The predicted molar refractivity (Wildman–Crippen MR) is 70.0 cm³/mol. The van der Waals surface area contributed by atoms with Crippen LogP contribution >= 0.6 is 11.3 Å². The van der Waals surface area contributed by atoms with E-state index in [4.69, 9.17) is 4.84 Å². The van der Waals surface area contributed by atoms with Gasteiger partial charge in [0.05, 0.1) is 4.92 Å². The van der Waals surface area contributed by atoms with Gasteiger partial charge in [-0.25, -0.2) is 20.3 Å². The summed E-state index contributed by atoms with van der Waals surface area (Å²) in [5.74, 6) is 0.514. The first-order valence-electron chi connectivity index (χ1n) is 6.33. The van der Waals surface area contributed by atoms with E-state index >= 15 is 0 Å². The molecular formula is C11H14N4O3S. The molecule has 1 aliphatic heterocycles. The van der Waals surface area contributed by atoms with Crippen LogP contribution in [0.25, 0.3) is 0 Å². The van der Waals surface area contributed by atoms with E-state index in [1.54, 1.807) is 0 Å². The van der Waals surface area contributed by atoms with Crippen LogP contribution in [0, 0.1) is 10.1 Å². The minimum atomic E-state index is -0.494. The fraction of sp³-hybridized carbons (Fsp3) is 0.636. The van der Waals surface area contributed by atoms with Crippen LogP contribution in [-0.4, -0.2) is 21.5 Å². The predicted octanol–water partition coefficient (Wildman–Crippen LogP) is 2.38. The van der Waals surface area contributed by atoms with Crippen molar-refractivity contribution < 1.29 is 9.76 Å². The van der Waals surface area contributed by atoms with Gasteiger partial charge in [-0.3, -0.25) is 10.1 Å². The Kier molecular flexibility index (Phi) is 3.19. The zero-order chi connectivity index (χ0) is 13.3. The fourth-order valence-corrected chi connectivity index (χ4v) is 3.11. The number of amidine groups is 1. The molecule has 7 nitrogen and oxygen atoms in total. The largest absolute Gasteiger partial charge is 0.344 e. The molecule has 0 atom stereocenters. The number of nitrogens with zero attached hydrogens (tertiary/aromatic N) is 3. The fourth-order valence-electron chi connectivity index (χ4n) is 2.44. The third kappa shape index (κ3) is 2.45. The van der Waals surface area contributed by atoms with Crippen molar-refractivity contribution in [2.75, 3.05) is 0 Å². The Bertz CT molecular complexity index is 520. The van der Waals surface area contributed by atoms with Crippen molar-refractivity contribution in [2.24, 2.45) is 4.99 Å². The monoisotopic (exact) mass is 282 g/mol. The number of rotatable bonds is 2. The lowest BCUT2D eigenvalue weighted by Crippen LogP contribution is -2.29. The van der Waals surface area contributed by atoms with E-state index in [-0.39, 0.29) is 5.00 Å². The molecule has 1 spiro atoms. The maximum absolute atomic E-state index is 10.7. The van der Waals surface area contributed by atoms with Crippen molar-refractivity contribution in [3.8, 4) is 0 Å². The van der Waals surface area contributed by atoms with Gasteiger partial charge in [-0.05, 0) is 37.0 Å². The van der Waals surface area contributed by atoms with E-state index in [1.165, 1.54) is 19.0 Å². The summed E-state index contributed by atoms with van der Waals surface area (Å²) in [6, 6.07) is 0. The molecule has 1 saturated carbocycles. The molecule has 3 rings (SSSR count). The number of hydrogen-bond donors (Lipinski definition) is 1. The van der Waals surface area contributed by atoms with Crippen molar-refractivity contribution in [2.45, 2.75) is 44.2 Å². The molecule has 1 aromatic rings. The van der Waals surface area contributed by atoms with Crippen molar-refractivity contribution >= 4 is 22.2 Å². The molecule has 0 amide bonds. The van der Waals surface area contributed by atoms with Gasteiger partial charge in [0.2, 0.25) is 0 Å². The summed E-state index contributed by atoms with van der Waals surface area (Å²) < 4.78 is 0. The second-order valence-electron chi connectivity index (χ2n) is 4.79. The van der Waals surface area contributed by atoms with Gasteiger partial charge >= 0.3 is 5.00 Å². The molecule has 2 heterocycles. The average Bonchev–Trinajstić information content (AvgIpc) is 2.94. The molecule has 1 aliphatic carbocycles. The van der Waals surface area contributed by atoms with Crippen LogP contribution in [0.4, 0.5) is 5.00 Å². The van der Waals surface area contributed by atoms with E-state index in [2.05, 4.69) is 15.5 Å². The Balaban J connectivity index is 1.83. The van der Waals surface area contributed by atoms with E-state index in [9.17, 15) is 10.1 Å². The minimum absolute atomic E-state index is 0.0151. The van der Waals surface area contributed by atoms with Gasteiger partial charge in [0.15, 0.2) is 16.6 Å². The van der Waals surface area contributed by atoms with Crippen molar-refractivity contribution in [3.63, 3.8) is 0 Å². The molecule has 0 unspecified atom stereocenters. The second kappa shape index (κ2) is 4.86. The third-order valence-corrected chi connectivity index (χ3v) is 4.37. The highest BCUT2D eigenvalue weighted by Gasteiger charge is 2.38. The van der Waals surface area contributed by atoms with Crippen molar-refractivity contribution in [1.29, 1.82) is 0 Å². The lowest BCUT2D eigenvalue weighted by atomic mass is 10.1. The molecule has 0 bridgehead atoms. The van der Waals surface area contributed by atoms with E-state index in [0.29, 0.717) is 10.8 Å². The molecule has 0 saturated heterocycles. The molecule has 1 N–H and O–H groups in total. The number of aromatic nitrogens is 1. The Hall–Kier alpha value is -1.54. The summed E-state index contributed by atoms with van der Waals surface area (Å²) in [5, 5.41) is 11.2. The summed E-state index contributed by atoms with van der Waals surface area (Å²) in [6.07, 6.45) is 7.63. The summed E-state index contributed by atoms with van der Waals surface area (Å²) in [7, 11) is 0. The SMILES string of the molecule is O=[N+]([O-])c1cnc(C2=NC3(CCCCCC3)ON2)s1. The summed E-state index contributed by atoms with van der Waals surface area (Å²) in [6.45, 7) is 0. The van der Waals surface area contributed by atoms with E-state index < -0.39 is 10.6 Å². The highest BCUT2D eigenvalue weighted by Crippen LogP contribution is 2.35. The third-order valence-electron chi connectivity index (χ3n) is 3.41. The number of thiazole rings is 1. The van der Waals surface area contributed by atoms with Gasteiger partial charge in [-0.2, -0.15) is 0 Å². The van der Waals surface area contributed by atoms with Gasteiger partial charge in [0.25, 0.3) is 0 Å². The Morgan fingerprint density at radius 2 is 2.11 bits per heavy atom. The standard InChI is InChI=1S/C11H14N4O3S/c16-15(17)8-7-12-10(19-8)9-13-11(18-14-9)5-3-1-2-4-6-11/h7H,1-6H2,(H,13,14). The topological polar surface area (TPSA) is 89.7 Å². The maximum Gasteiger partial charge on any atom is 0.344 e. The molecule has 0 radical (unpaired) electrons. The van der Waals surface area contributed by atoms with Gasteiger partial charge in [0, 0.05) is 0 Å². The summed E-state index contributed by atoms with van der Waals surface area (Å²) >= 11 is 1.01. The molecule has 8 heteroatoms. The smallest absolute Gasteiger partial charge is 0.257 e. The molecule has 0 aromatic carbocycles. The van der Waals surface area contributed by atoms with Crippen LogP contribution < -0.4 is 5.48 Å². The van der Waals surface area contributed by atoms with E-state index in [0.717, 1.165) is 37.0 Å². The van der Waals surface area contributed by atoms with Crippen LogP contribution in [0.1, 0.15) is 43.5 Å². The molecular weight excluding hydrogens is 268 g/mol. The van der Waals surface area contributed by atoms with Crippen LogP contribution in [0.5, 0.6) is 0 Å². The molecule has 2 aliphatic rings. The molecule has 19 heavy (non-hydrogen) atoms. The first kappa shape index (κ1) is 12.5. The zero-order valence-corrected chi connectivity index (χ0v) is 11.1. The van der Waals surface area contributed by atoms with Gasteiger partial charge < -0.3 is 0 Å². The normalized spacial score (nSPS) is 21.8. The Labute approximate surface area is 113 Å². The number of nitrogens with one attached hydrogen (secondary N) is 1. The number of hydrogen-bond acceptors (Lipinski definition) is 7. The Morgan fingerprint density at radius 1 is 1.37 bits per heavy atom. The first-order chi connectivity index (χ1) is 9.19. The number of aliphatic imine (C=N–C) groups is 1. The molecule has 102 valence electrons. The minimum Gasteiger partial charge on any atom is -0.257 e. The Morgan fingerprint density at radius 3 is 2.74 bits per heavy atom. The lowest BCUT2D eigenvalue weighted by molar-refractivity contribution is -0.380. The number of hydroxylamine groups is 1. The number of nitro groups is 1. The second-order valence-corrected chi connectivity index (χ2v) is 5.79. The lowest BCUT2D eigenvalue weighted by Gasteiger charge is -2.21. The van der Waals surface area contributed by atoms with Crippen molar-refractivity contribution in [3.05, 3.63) is 21.3 Å². The van der Waals surface area contributed by atoms with E-state index in [1.807, 2.05) is 0 Å². The molecule has 1 aromatic heterocycles. The van der Waals surface area contributed by atoms with Crippen LogP contribution in [0.15, 0.2) is 11.2 Å². The maximum atomic E-state index is 10.7. The van der Waals surface area contributed by atoms with Gasteiger partial charge in [-0.15, -0.1) is 0 Å². The highest BCUT2D eigenvalue weighted by molar-refractivity contribution is 7.16. The highest BCUT2D eigenvalue weighted by atomic mass is 32.1. The van der Waals surface area contributed by atoms with Gasteiger partial charge in [0.1, 0.15) is 6.20 Å². The average molecular weight is 282 g/mol. The quantitative estimate of drug-likeness (QED) is 0.664. The molecule has 1 fully saturated rings. The zero-order valence-electron chi connectivity index (χ0n) is 10.3.